The van der Waals surface area contributed by atoms with Crippen molar-refractivity contribution in [3.05, 3.63) is 50.6 Å². The lowest BCUT2D eigenvalue weighted by Crippen LogP contribution is -2.19. The van der Waals surface area contributed by atoms with Crippen molar-refractivity contribution >= 4 is 43.0 Å². The fourth-order valence-corrected chi connectivity index (χ4v) is 3.65. The van der Waals surface area contributed by atoms with Crippen LogP contribution in [-0.2, 0) is 10.0 Å². The van der Waals surface area contributed by atoms with Crippen molar-refractivity contribution in [3.63, 3.8) is 0 Å². The van der Waals surface area contributed by atoms with Crippen LogP contribution in [0.1, 0.15) is 17.4 Å². The van der Waals surface area contributed by atoms with Crippen LogP contribution in [0.5, 0.6) is 0 Å². The largest absolute Gasteiger partial charge is 0.276 e. The van der Waals surface area contributed by atoms with E-state index in [1.165, 1.54) is 11.3 Å². The molecule has 1 aromatic heterocycles. The lowest BCUT2D eigenvalue weighted by atomic mass is 10.2. The van der Waals surface area contributed by atoms with Crippen molar-refractivity contribution in [2.45, 2.75) is 18.7 Å². The first-order chi connectivity index (χ1) is 9.38. The second-order valence-corrected chi connectivity index (χ2v) is 8.33. The molecular weight excluding hydrogens is 360 g/mol. The first-order valence-electron chi connectivity index (χ1n) is 5.77. The summed E-state index contributed by atoms with van der Waals surface area (Å²) in [4.78, 5) is 3.36. The average molecular weight is 373 g/mol. The maximum absolute atomic E-state index is 12.1. The third kappa shape index (κ3) is 3.68. The summed E-state index contributed by atoms with van der Waals surface area (Å²) in [6, 6.07) is 10.4. The van der Waals surface area contributed by atoms with Crippen molar-refractivity contribution in [3.8, 4) is 0 Å². The minimum Gasteiger partial charge on any atom is -0.200 e. The van der Waals surface area contributed by atoms with Crippen LogP contribution in [-0.4, -0.2) is 14.1 Å². The quantitative estimate of drug-likeness (QED) is 0.659. The number of hydrazone groups is 1. The Hall–Kier alpha value is -1.18. The number of hydrogen-bond acceptors (Lipinski definition) is 4. The Balaban J connectivity index is 2.18. The molecule has 0 aliphatic carbocycles. The molecule has 7 heteroatoms. The highest BCUT2D eigenvalue weighted by molar-refractivity contribution is 9.11. The number of sulfonamides is 1. The summed E-state index contributed by atoms with van der Waals surface area (Å²) in [5.74, 6) is 0. The van der Waals surface area contributed by atoms with Crippen molar-refractivity contribution in [2.24, 2.45) is 5.10 Å². The van der Waals surface area contributed by atoms with Crippen molar-refractivity contribution in [1.29, 1.82) is 0 Å². The summed E-state index contributed by atoms with van der Waals surface area (Å²) < 4.78 is 25.1. The maximum atomic E-state index is 12.1. The van der Waals surface area contributed by atoms with E-state index in [1.54, 1.807) is 31.2 Å². The Morgan fingerprint density at radius 3 is 2.40 bits per heavy atom. The van der Waals surface area contributed by atoms with Gasteiger partial charge in [-0.05, 0) is 54.0 Å². The van der Waals surface area contributed by atoms with Crippen LogP contribution in [0.25, 0.3) is 0 Å². The van der Waals surface area contributed by atoms with E-state index in [0.29, 0.717) is 5.71 Å². The van der Waals surface area contributed by atoms with Crippen molar-refractivity contribution < 1.29 is 8.42 Å². The Bertz CT molecular complexity index is 734. The van der Waals surface area contributed by atoms with E-state index in [1.807, 2.05) is 19.1 Å². The van der Waals surface area contributed by atoms with E-state index in [9.17, 15) is 8.42 Å². The summed E-state index contributed by atoms with van der Waals surface area (Å²) >= 11 is 4.85. The molecule has 0 saturated heterocycles. The Kier molecular flexibility index (Phi) is 4.62. The van der Waals surface area contributed by atoms with E-state index >= 15 is 0 Å². The lowest BCUT2D eigenvalue weighted by Gasteiger charge is -2.04. The van der Waals surface area contributed by atoms with Gasteiger partial charge < -0.3 is 0 Å². The smallest absolute Gasteiger partial charge is 0.200 e. The van der Waals surface area contributed by atoms with Gasteiger partial charge in [0.05, 0.1) is 19.3 Å². The van der Waals surface area contributed by atoms with Gasteiger partial charge in [0, 0.05) is 0 Å². The number of aryl methyl sites for hydroxylation is 1. The molecule has 2 rings (SSSR count). The molecule has 2 aromatic rings. The summed E-state index contributed by atoms with van der Waals surface area (Å²) in [6.45, 7) is 3.66. The second-order valence-electron chi connectivity index (χ2n) is 4.21. The molecule has 20 heavy (non-hydrogen) atoms. The molecule has 0 amide bonds. The van der Waals surface area contributed by atoms with E-state index in [2.05, 4.69) is 25.9 Å². The summed E-state index contributed by atoms with van der Waals surface area (Å²) in [5, 5.41) is 3.95. The standard InChI is InChI=1S/C13H13BrN2O2S2/c1-9-3-5-11(6-4-9)20(17,18)16-15-10(2)12-7-8-13(14)19-12/h3-8,16H,1-2H3. The van der Waals surface area contributed by atoms with Crippen LogP contribution in [0.15, 0.2) is 50.2 Å². The van der Waals surface area contributed by atoms with Crippen molar-refractivity contribution in [2.75, 3.05) is 0 Å². The van der Waals surface area contributed by atoms with Gasteiger partial charge in [0.25, 0.3) is 10.0 Å². The van der Waals surface area contributed by atoms with Gasteiger partial charge in [-0.1, -0.05) is 17.7 Å². The summed E-state index contributed by atoms with van der Waals surface area (Å²) in [5.41, 5.74) is 1.63. The van der Waals surface area contributed by atoms with Crippen LogP contribution >= 0.6 is 27.3 Å². The molecule has 0 fully saturated rings. The zero-order valence-electron chi connectivity index (χ0n) is 10.9. The fraction of sp³-hybridized carbons (Fsp3) is 0.154. The maximum Gasteiger partial charge on any atom is 0.276 e. The van der Waals surface area contributed by atoms with Crippen LogP contribution in [0.2, 0.25) is 0 Å². The highest BCUT2D eigenvalue weighted by Gasteiger charge is 2.12. The Morgan fingerprint density at radius 1 is 1.20 bits per heavy atom. The molecule has 1 aromatic carbocycles. The highest BCUT2D eigenvalue weighted by atomic mass is 79.9. The molecule has 4 nitrogen and oxygen atoms in total. The van der Waals surface area contributed by atoms with Gasteiger partial charge in [0.1, 0.15) is 0 Å². The van der Waals surface area contributed by atoms with E-state index in [4.69, 9.17) is 0 Å². The third-order valence-electron chi connectivity index (χ3n) is 2.59. The predicted molar refractivity (Wildman–Crippen MR) is 85.7 cm³/mol. The number of halogens is 1. The SMILES string of the molecule is CC(=NNS(=O)(=O)c1ccc(C)cc1)c1ccc(Br)s1. The van der Waals surface area contributed by atoms with E-state index in [0.717, 1.165) is 14.2 Å². The Labute approximate surface area is 130 Å². The van der Waals surface area contributed by atoms with Gasteiger partial charge in [0.15, 0.2) is 0 Å². The molecule has 0 spiro atoms. The van der Waals surface area contributed by atoms with Gasteiger partial charge >= 0.3 is 0 Å². The molecule has 0 radical (unpaired) electrons. The first-order valence-corrected chi connectivity index (χ1v) is 8.86. The molecule has 0 bridgehead atoms. The van der Waals surface area contributed by atoms with E-state index in [-0.39, 0.29) is 4.90 Å². The first kappa shape index (κ1) is 15.2. The second kappa shape index (κ2) is 6.07. The molecule has 0 aliphatic rings. The highest BCUT2D eigenvalue weighted by Crippen LogP contribution is 2.22. The molecule has 0 saturated carbocycles. The van der Waals surface area contributed by atoms with Gasteiger partial charge in [-0.2, -0.15) is 18.4 Å². The molecule has 1 heterocycles. The van der Waals surface area contributed by atoms with Crippen LogP contribution in [0.3, 0.4) is 0 Å². The number of rotatable bonds is 4. The monoisotopic (exact) mass is 372 g/mol. The topological polar surface area (TPSA) is 58.5 Å². The van der Waals surface area contributed by atoms with Crippen LogP contribution in [0.4, 0.5) is 0 Å². The zero-order chi connectivity index (χ0) is 14.8. The molecule has 0 unspecified atom stereocenters. The van der Waals surface area contributed by atoms with E-state index < -0.39 is 10.0 Å². The minimum atomic E-state index is -3.62. The predicted octanol–water partition coefficient (Wildman–Crippen LogP) is 3.52. The summed E-state index contributed by atoms with van der Waals surface area (Å²) in [6.07, 6.45) is 0. The zero-order valence-corrected chi connectivity index (χ0v) is 14.1. The normalized spacial score (nSPS) is 12.4. The van der Waals surface area contributed by atoms with Gasteiger partial charge in [0.2, 0.25) is 0 Å². The third-order valence-corrected chi connectivity index (χ3v) is 5.55. The lowest BCUT2D eigenvalue weighted by molar-refractivity contribution is 0.584. The van der Waals surface area contributed by atoms with Crippen LogP contribution in [0, 0.1) is 6.92 Å². The Morgan fingerprint density at radius 2 is 1.85 bits per heavy atom. The fourth-order valence-electron chi connectivity index (χ4n) is 1.46. The number of benzene rings is 1. The molecule has 0 atom stereocenters. The average Bonchev–Trinajstić information content (AvgIpc) is 2.83. The number of thiophene rings is 1. The molecule has 0 aliphatic heterocycles. The number of hydrogen-bond donors (Lipinski definition) is 1. The number of nitrogens with one attached hydrogen (secondary N) is 1. The summed E-state index contributed by atoms with van der Waals surface area (Å²) in [7, 11) is -3.62. The van der Waals surface area contributed by atoms with Gasteiger partial charge in [-0.3, -0.25) is 0 Å². The molecule has 106 valence electrons. The number of nitrogens with zero attached hydrogens (tertiary/aromatic N) is 1. The molecule has 1 N–H and O–H groups in total. The van der Waals surface area contributed by atoms with Gasteiger partial charge in [-0.15, -0.1) is 11.3 Å². The molecular formula is C13H13BrN2O2S2. The van der Waals surface area contributed by atoms with Crippen molar-refractivity contribution in [1.82, 2.24) is 4.83 Å². The van der Waals surface area contributed by atoms with Gasteiger partial charge in [-0.25, -0.2) is 0 Å². The van der Waals surface area contributed by atoms with Crippen LogP contribution < -0.4 is 4.83 Å². The minimum absolute atomic E-state index is 0.201.